The molecule has 9 nitrogen and oxygen atoms in total. The Hall–Kier alpha value is -4.22. The molecule has 0 aliphatic carbocycles. The van der Waals surface area contributed by atoms with Gasteiger partial charge in [-0.25, -0.2) is 13.4 Å². The van der Waals surface area contributed by atoms with Crippen LogP contribution in [0.25, 0.3) is 17.0 Å². The fraction of sp³-hybridized carbons (Fsp3) is 0.727. The van der Waals surface area contributed by atoms with Crippen LogP contribution in [0, 0.1) is 0 Å². The zero-order valence-electron chi connectivity index (χ0n) is 49.6. The summed E-state index contributed by atoms with van der Waals surface area (Å²) >= 11 is 0. The highest BCUT2D eigenvalue weighted by Gasteiger charge is 2.24. The zero-order chi connectivity index (χ0) is 55.9. The van der Waals surface area contributed by atoms with Gasteiger partial charge in [0.05, 0.1) is 31.2 Å². The largest absolute Gasteiger partial charge is 0.796 e. The van der Waals surface area contributed by atoms with Crippen molar-refractivity contribution in [3.8, 4) is 28.5 Å². The minimum absolute atomic E-state index is 0.0691. The lowest BCUT2D eigenvalue weighted by molar-refractivity contribution is 0.0691. The molecule has 0 aliphatic heterocycles. The molecule has 442 valence electrons. The highest BCUT2D eigenvalue weighted by Crippen LogP contribution is 2.43. The molecule has 3 N–H and O–H groups in total. The van der Waals surface area contributed by atoms with E-state index in [9.17, 15) is 23.3 Å². The van der Waals surface area contributed by atoms with Crippen LogP contribution in [-0.4, -0.2) is 54.1 Å². The van der Waals surface area contributed by atoms with Crippen LogP contribution in [0.1, 0.15) is 317 Å². The van der Waals surface area contributed by atoms with Gasteiger partial charge in [-0.3, -0.25) is 4.79 Å². The third-order valence-corrected chi connectivity index (χ3v) is 15.2. The number of aromatic amines is 2. The van der Waals surface area contributed by atoms with E-state index in [0.29, 0.717) is 48.3 Å². The van der Waals surface area contributed by atoms with Gasteiger partial charge in [-0.05, 0) is 55.7 Å². The molecule has 0 bridgehead atoms. The Morgan fingerprint density at radius 1 is 0.436 bits per heavy atom. The molecule has 0 spiro atoms. The molecule has 0 fully saturated rings. The summed E-state index contributed by atoms with van der Waals surface area (Å²) in [6.45, 7) is 8.39. The second kappa shape index (κ2) is 46.5. The monoisotopic (exact) mass is 1090 g/mol. The summed E-state index contributed by atoms with van der Waals surface area (Å²) in [5, 5.41) is 9.35. The van der Waals surface area contributed by atoms with Crippen molar-refractivity contribution in [1.29, 1.82) is 0 Å². The van der Waals surface area contributed by atoms with Crippen molar-refractivity contribution >= 4 is 25.0 Å². The zero-order valence-corrected chi connectivity index (χ0v) is 49.6. The summed E-state index contributed by atoms with van der Waals surface area (Å²) < 4.78 is 52.5. The van der Waals surface area contributed by atoms with E-state index in [2.05, 4.69) is 30.7 Å². The Labute approximate surface area is 473 Å². The Balaban J connectivity index is 1.72. The highest BCUT2D eigenvalue weighted by molar-refractivity contribution is 6.36. The van der Waals surface area contributed by atoms with E-state index in [-0.39, 0.29) is 22.8 Å². The molecule has 2 heterocycles. The number of H-pyrrole nitrogens is 2. The fourth-order valence-corrected chi connectivity index (χ4v) is 10.4. The summed E-state index contributed by atoms with van der Waals surface area (Å²) in [7, 11) is -3.21. The molecule has 0 saturated heterocycles. The number of halogens is 2. The van der Waals surface area contributed by atoms with Gasteiger partial charge in [-0.2, -0.15) is 0 Å². The van der Waals surface area contributed by atoms with Crippen LogP contribution in [0.3, 0.4) is 0 Å². The average Bonchev–Trinajstić information content (AvgIpc) is 4.16. The topological polar surface area (TPSA) is 123 Å². The Morgan fingerprint density at radius 2 is 0.756 bits per heavy atom. The van der Waals surface area contributed by atoms with Crippen molar-refractivity contribution in [2.45, 2.75) is 290 Å². The van der Waals surface area contributed by atoms with Crippen LogP contribution in [0.4, 0.5) is 8.63 Å². The third kappa shape index (κ3) is 32.8. The minimum atomic E-state index is -3.21. The maximum atomic E-state index is 13.9. The number of carboxylic acid groups (broad SMARTS) is 1. The maximum Gasteiger partial charge on any atom is 0.796 e. The summed E-state index contributed by atoms with van der Waals surface area (Å²) in [5.41, 5.74) is 1.17. The van der Waals surface area contributed by atoms with E-state index >= 15 is 0 Å². The summed E-state index contributed by atoms with van der Waals surface area (Å²) in [6, 6.07) is 9.72. The van der Waals surface area contributed by atoms with Crippen molar-refractivity contribution < 1.29 is 42.2 Å². The number of carbonyl (C=O) groups excluding carboxylic acids is 1. The van der Waals surface area contributed by atoms with E-state index in [4.69, 9.17) is 18.9 Å². The van der Waals surface area contributed by atoms with Gasteiger partial charge >= 0.3 is 13.4 Å². The molecule has 1 aromatic carbocycles. The van der Waals surface area contributed by atoms with Gasteiger partial charge in [0.25, 0.3) is 0 Å². The Morgan fingerprint density at radius 3 is 1.09 bits per heavy atom. The van der Waals surface area contributed by atoms with Crippen molar-refractivity contribution in [1.82, 2.24) is 9.97 Å². The molecule has 0 amide bonds. The van der Waals surface area contributed by atoms with E-state index in [1.54, 1.807) is 12.1 Å². The number of aromatic carboxylic acids is 1. The second-order valence-electron chi connectivity index (χ2n) is 22.3. The smallest absolute Gasteiger partial charge is 0.503 e. The van der Waals surface area contributed by atoms with Gasteiger partial charge in [-0.15, -0.1) is 0 Å². The molecular formula is C66H109BF2N2O7. The van der Waals surface area contributed by atoms with Crippen LogP contribution in [0.15, 0.2) is 42.5 Å². The van der Waals surface area contributed by atoms with E-state index < -0.39 is 19.2 Å². The van der Waals surface area contributed by atoms with Gasteiger partial charge in [0, 0.05) is 17.3 Å². The lowest BCUT2D eigenvalue weighted by atomic mass is 10.0. The number of allylic oxidation sites excluding steroid dienone is 1. The Kier molecular flexibility index (Phi) is 40.6. The number of benzene rings is 1. The first-order valence-electron chi connectivity index (χ1n) is 32.2. The van der Waals surface area contributed by atoms with E-state index in [0.717, 1.165) is 44.6 Å². The van der Waals surface area contributed by atoms with E-state index in [1.165, 1.54) is 243 Å². The summed E-state index contributed by atoms with van der Waals surface area (Å²) in [4.78, 5) is 30.3. The molecule has 0 atom stereocenters. The standard InChI is InChI=1S/C66H109BF2N2O7/c1-4-7-10-13-16-19-22-25-28-31-34-37-40-43-50-75-63-53-56(57-46-48-59(70-57)62(78-67(68)69)55-61(72)58-47-49-60(71-58)66(73)74)54-64(76-51-44-41-38-35-32-29-26-23-20-17-14-11-8-5-2)65(63)77-52-45-42-39-36-33-30-27-24-21-18-15-12-9-6-3/h46-49,53-55,70-71H,4-45,50-52H2,1-3H3,(H,73,74)/b62-55+. The first-order valence-corrected chi connectivity index (χ1v) is 32.2. The third-order valence-electron chi connectivity index (χ3n) is 15.2. The van der Waals surface area contributed by atoms with Crippen molar-refractivity contribution in [2.75, 3.05) is 19.8 Å². The predicted octanol–water partition coefficient (Wildman–Crippen LogP) is 21.5. The molecule has 3 aromatic rings. The number of unbranched alkanes of at least 4 members (excludes halogenated alkanes) is 39. The SMILES string of the molecule is CCCCCCCCCCCCCCCCOc1cc(-c2ccc(/C(=C\C(=O)c3ccc(C(=O)O)[nH]3)OB(F)F)[nH]2)cc(OCCCCCCCCCCCCCCCC)c1OCCCCCCCCCCCCCCCC. The van der Waals surface area contributed by atoms with Gasteiger partial charge in [0.2, 0.25) is 11.5 Å². The first-order chi connectivity index (χ1) is 38.3. The maximum absolute atomic E-state index is 13.9. The van der Waals surface area contributed by atoms with Gasteiger partial charge in [-0.1, -0.05) is 271 Å². The van der Waals surface area contributed by atoms with Crippen LogP contribution in [-0.2, 0) is 4.65 Å². The molecule has 3 rings (SSSR count). The lowest BCUT2D eigenvalue weighted by Crippen LogP contribution is -2.07. The minimum Gasteiger partial charge on any atom is -0.503 e. The molecule has 2 aromatic heterocycles. The van der Waals surface area contributed by atoms with Crippen molar-refractivity contribution in [3.05, 3.63) is 59.6 Å². The molecule has 0 unspecified atom stereocenters. The molecule has 0 radical (unpaired) electrons. The van der Waals surface area contributed by atoms with Crippen LogP contribution in [0.2, 0.25) is 0 Å². The number of carboxylic acids is 1. The average molecular weight is 1090 g/mol. The number of rotatable bonds is 55. The highest BCUT2D eigenvalue weighted by atomic mass is 19.2. The van der Waals surface area contributed by atoms with Gasteiger partial charge in [0.15, 0.2) is 11.5 Å². The summed E-state index contributed by atoms with van der Waals surface area (Å²) in [6.07, 6.45) is 54.5. The number of aromatic nitrogens is 2. The molecular weight excluding hydrogens is 982 g/mol. The molecule has 12 heteroatoms. The molecule has 0 saturated carbocycles. The van der Waals surface area contributed by atoms with Crippen molar-refractivity contribution in [3.63, 3.8) is 0 Å². The van der Waals surface area contributed by atoms with Crippen molar-refractivity contribution in [2.24, 2.45) is 0 Å². The normalized spacial score (nSPS) is 11.6. The van der Waals surface area contributed by atoms with Crippen LogP contribution < -0.4 is 14.2 Å². The molecule has 0 aliphatic rings. The van der Waals surface area contributed by atoms with Crippen LogP contribution >= 0.6 is 0 Å². The predicted molar refractivity (Wildman–Crippen MR) is 323 cm³/mol. The molecule has 78 heavy (non-hydrogen) atoms. The number of carbonyl (C=O) groups is 2. The van der Waals surface area contributed by atoms with Gasteiger partial charge < -0.3 is 33.9 Å². The van der Waals surface area contributed by atoms with Crippen LogP contribution in [0.5, 0.6) is 17.2 Å². The quantitative estimate of drug-likeness (QED) is 0.0169. The lowest BCUT2D eigenvalue weighted by Gasteiger charge is -2.19. The first kappa shape index (κ1) is 68.1. The number of hydrogen-bond donors (Lipinski definition) is 3. The Bertz CT molecular complexity index is 1910. The number of hydrogen-bond acceptors (Lipinski definition) is 6. The fourth-order valence-electron chi connectivity index (χ4n) is 10.4. The van der Waals surface area contributed by atoms with Gasteiger partial charge in [0.1, 0.15) is 11.5 Å². The summed E-state index contributed by atoms with van der Waals surface area (Å²) in [5.74, 6) is -0.591. The van der Waals surface area contributed by atoms with E-state index in [1.807, 2.05) is 12.1 Å². The number of ketones is 1. The number of ether oxygens (including phenoxy) is 3. The second-order valence-corrected chi connectivity index (χ2v) is 22.3. The number of nitrogens with one attached hydrogen (secondary N) is 2.